The number of piperazine rings is 1. The Labute approximate surface area is 160 Å². The molecule has 27 heavy (non-hydrogen) atoms. The predicted molar refractivity (Wildman–Crippen MR) is 103 cm³/mol. The van der Waals surface area contributed by atoms with Gasteiger partial charge in [-0.3, -0.25) is 9.69 Å². The first kappa shape index (κ1) is 19.6. The molecule has 1 amide bonds. The Kier molecular flexibility index (Phi) is 6.30. The third-order valence-electron chi connectivity index (χ3n) is 4.58. The van der Waals surface area contributed by atoms with Crippen molar-refractivity contribution >= 4 is 15.9 Å². The molecule has 2 aromatic rings. The van der Waals surface area contributed by atoms with E-state index in [9.17, 15) is 13.2 Å². The third-order valence-corrected chi connectivity index (χ3v) is 5.94. The Morgan fingerprint density at radius 1 is 1.15 bits per heavy atom. The summed E-state index contributed by atoms with van der Waals surface area (Å²) in [5, 5.41) is 0. The van der Waals surface area contributed by atoms with Gasteiger partial charge in [0.15, 0.2) is 5.76 Å². The van der Waals surface area contributed by atoms with E-state index >= 15 is 0 Å². The van der Waals surface area contributed by atoms with Crippen LogP contribution in [0.25, 0.3) is 0 Å². The molecule has 0 bridgehead atoms. The number of aryl methyl sites for hydroxylation is 1. The van der Waals surface area contributed by atoms with Crippen LogP contribution in [0, 0.1) is 6.92 Å². The van der Waals surface area contributed by atoms with Gasteiger partial charge in [0.05, 0.1) is 12.0 Å². The molecule has 1 N–H and O–H groups in total. The molecular weight excluding hydrogens is 366 g/mol. The van der Waals surface area contributed by atoms with E-state index < -0.39 is 10.0 Å². The summed E-state index contributed by atoms with van der Waals surface area (Å²) < 4.78 is 32.3. The van der Waals surface area contributed by atoms with Gasteiger partial charge in [-0.2, -0.15) is 0 Å². The van der Waals surface area contributed by atoms with Gasteiger partial charge in [0.2, 0.25) is 10.0 Å². The molecule has 1 aromatic carbocycles. The summed E-state index contributed by atoms with van der Waals surface area (Å²) in [7, 11) is -3.36. The molecule has 1 saturated heterocycles. The minimum absolute atomic E-state index is 0.0138. The Morgan fingerprint density at radius 3 is 2.59 bits per heavy atom. The first-order valence-corrected chi connectivity index (χ1v) is 10.7. The number of rotatable bonds is 7. The van der Waals surface area contributed by atoms with Crippen LogP contribution in [0.15, 0.2) is 47.1 Å². The van der Waals surface area contributed by atoms with Gasteiger partial charge in [0.1, 0.15) is 0 Å². The van der Waals surface area contributed by atoms with E-state index in [2.05, 4.69) is 9.62 Å². The second-order valence-corrected chi connectivity index (χ2v) is 8.56. The van der Waals surface area contributed by atoms with Gasteiger partial charge < -0.3 is 9.32 Å². The lowest BCUT2D eigenvalue weighted by molar-refractivity contribution is 0.0609. The average Bonchev–Trinajstić information content (AvgIpc) is 3.16. The number of carbonyl (C=O) groups is 1. The number of nitrogens with zero attached hydrogens (tertiary/aromatic N) is 2. The Morgan fingerprint density at radius 2 is 1.93 bits per heavy atom. The van der Waals surface area contributed by atoms with Gasteiger partial charge in [-0.05, 0) is 24.6 Å². The van der Waals surface area contributed by atoms with Crippen LogP contribution in [0.1, 0.15) is 21.7 Å². The fourth-order valence-electron chi connectivity index (χ4n) is 3.16. The van der Waals surface area contributed by atoms with Crippen molar-refractivity contribution in [1.29, 1.82) is 0 Å². The highest BCUT2D eigenvalue weighted by atomic mass is 32.2. The summed E-state index contributed by atoms with van der Waals surface area (Å²) in [6, 6.07) is 10.9. The average molecular weight is 391 g/mol. The minimum Gasteiger partial charge on any atom is -0.459 e. The highest BCUT2D eigenvalue weighted by Gasteiger charge is 2.23. The van der Waals surface area contributed by atoms with Crippen LogP contribution in [0.3, 0.4) is 0 Å². The number of nitrogens with one attached hydrogen (secondary N) is 1. The van der Waals surface area contributed by atoms with Crippen molar-refractivity contribution in [3.8, 4) is 0 Å². The molecule has 8 heteroatoms. The van der Waals surface area contributed by atoms with Crippen molar-refractivity contribution < 1.29 is 17.6 Å². The first-order valence-electron chi connectivity index (χ1n) is 9.01. The smallest absolute Gasteiger partial charge is 0.289 e. The topological polar surface area (TPSA) is 82.9 Å². The monoisotopic (exact) mass is 391 g/mol. The maximum atomic E-state index is 12.2. The van der Waals surface area contributed by atoms with E-state index in [-0.39, 0.29) is 11.7 Å². The van der Waals surface area contributed by atoms with Crippen molar-refractivity contribution in [3.05, 3.63) is 59.5 Å². The highest BCUT2D eigenvalue weighted by Crippen LogP contribution is 2.10. The summed E-state index contributed by atoms with van der Waals surface area (Å²) in [6.45, 7) is 5.57. The van der Waals surface area contributed by atoms with Gasteiger partial charge in [-0.25, -0.2) is 13.1 Å². The molecule has 0 spiro atoms. The normalized spacial score (nSPS) is 15.8. The van der Waals surface area contributed by atoms with Gasteiger partial charge in [-0.15, -0.1) is 0 Å². The van der Waals surface area contributed by atoms with Crippen molar-refractivity contribution in [2.75, 3.05) is 39.3 Å². The van der Waals surface area contributed by atoms with E-state index in [1.807, 2.05) is 31.2 Å². The minimum atomic E-state index is -3.36. The number of benzene rings is 1. The summed E-state index contributed by atoms with van der Waals surface area (Å²) in [6.07, 6.45) is 1.49. The van der Waals surface area contributed by atoms with Crippen LogP contribution in [-0.4, -0.2) is 63.4 Å². The second kappa shape index (κ2) is 8.69. The van der Waals surface area contributed by atoms with Gasteiger partial charge >= 0.3 is 0 Å². The number of hydrogen-bond donors (Lipinski definition) is 1. The standard InChI is InChI=1S/C19H25N3O4S/c1-16-4-2-5-17(14-16)15-27(24,25)20-7-8-21-9-11-22(12-10-21)19(23)18-6-3-13-26-18/h2-6,13-14,20H,7-12,15H2,1H3. The molecule has 1 aromatic heterocycles. The van der Waals surface area contributed by atoms with E-state index in [1.165, 1.54) is 6.26 Å². The fourth-order valence-corrected chi connectivity index (χ4v) is 4.29. The number of hydrogen-bond acceptors (Lipinski definition) is 5. The number of amides is 1. The van der Waals surface area contributed by atoms with E-state index in [0.717, 1.165) is 11.1 Å². The molecule has 3 rings (SSSR count). The van der Waals surface area contributed by atoms with E-state index in [0.29, 0.717) is 45.0 Å². The summed E-state index contributed by atoms with van der Waals surface area (Å²) >= 11 is 0. The van der Waals surface area contributed by atoms with Gasteiger partial charge in [-0.1, -0.05) is 29.8 Å². The molecule has 2 heterocycles. The van der Waals surface area contributed by atoms with Crippen molar-refractivity contribution in [3.63, 3.8) is 0 Å². The SMILES string of the molecule is Cc1cccc(CS(=O)(=O)NCCN2CCN(C(=O)c3ccco3)CC2)c1. The Bertz CT molecular complexity index is 857. The maximum absolute atomic E-state index is 12.2. The van der Waals surface area contributed by atoms with Crippen LogP contribution in [0.4, 0.5) is 0 Å². The lowest BCUT2D eigenvalue weighted by atomic mass is 10.2. The summed E-state index contributed by atoms with van der Waals surface area (Å²) in [5.74, 6) is 0.242. The lowest BCUT2D eigenvalue weighted by Crippen LogP contribution is -2.50. The van der Waals surface area contributed by atoms with Crippen molar-refractivity contribution in [2.45, 2.75) is 12.7 Å². The highest BCUT2D eigenvalue weighted by molar-refractivity contribution is 7.88. The zero-order chi connectivity index (χ0) is 19.3. The zero-order valence-corrected chi connectivity index (χ0v) is 16.2. The van der Waals surface area contributed by atoms with Crippen LogP contribution in [0.2, 0.25) is 0 Å². The molecule has 0 aliphatic carbocycles. The van der Waals surface area contributed by atoms with Crippen LogP contribution < -0.4 is 4.72 Å². The van der Waals surface area contributed by atoms with Gasteiger partial charge in [0, 0.05) is 39.3 Å². The lowest BCUT2D eigenvalue weighted by Gasteiger charge is -2.34. The molecule has 1 fully saturated rings. The Hall–Kier alpha value is -2.16. The molecule has 0 saturated carbocycles. The van der Waals surface area contributed by atoms with E-state index in [4.69, 9.17) is 4.42 Å². The van der Waals surface area contributed by atoms with Crippen LogP contribution in [0.5, 0.6) is 0 Å². The first-order chi connectivity index (χ1) is 12.9. The molecular formula is C19H25N3O4S. The zero-order valence-electron chi connectivity index (χ0n) is 15.4. The molecule has 7 nitrogen and oxygen atoms in total. The predicted octanol–water partition coefficient (Wildman–Crippen LogP) is 1.47. The van der Waals surface area contributed by atoms with Crippen molar-refractivity contribution in [1.82, 2.24) is 14.5 Å². The molecule has 0 unspecified atom stereocenters. The quantitative estimate of drug-likeness (QED) is 0.773. The summed E-state index contributed by atoms with van der Waals surface area (Å²) in [5.41, 5.74) is 1.83. The van der Waals surface area contributed by atoms with Crippen LogP contribution >= 0.6 is 0 Å². The second-order valence-electron chi connectivity index (χ2n) is 6.75. The Balaban J connectivity index is 1.40. The molecule has 0 atom stereocenters. The van der Waals surface area contributed by atoms with Crippen LogP contribution in [-0.2, 0) is 15.8 Å². The number of furan rings is 1. The molecule has 1 aliphatic rings. The van der Waals surface area contributed by atoms with Crippen molar-refractivity contribution in [2.24, 2.45) is 0 Å². The third kappa shape index (κ3) is 5.66. The molecule has 1 aliphatic heterocycles. The largest absolute Gasteiger partial charge is 0.459 e. The molecule has 0 radical (unpaired) electrons. The summed E-state index contributed by atoms with van der Waals surface area (Å²) in [4.78, 5) is 16.1. The van der Waals surface area contributed by atoms with Gasteiger partial charge in [0.25, 0.3) is 5.91 Å². The molecule has 146 valence electrons. The van der Waals surface area contributed by atoms with E-state index in [1.54, 1.807) is 17.0 Å². The number of carbonyl (C=O) groups excluding carboxylic acids is 1. The number of sulfonamides is 1. The maximum Gasteiger partial charge on any atom is 0.289 e. The fraction of sp³-hybridized carbons (Fsp3) is 0.421.